The van der Waals surface area contributed by atoms with Crippen LogP contribution in [0.5, 0.6) is 0 Å². The molecule has 3 amide bonds. The first kappa shape index (κ1) is 18.8. The van der Waals surface area contributed by atoms with Gasteiger partial charge in [0, 0.05) is 11.1 Å². The van der Waals surface area contributed by atoms with Gasteiger partial charge in [0.05, 0.1) is 22.2 Å². The quantitative estimate of drug-likeness (QED) is 0.725. The number of sulfone groups is 1. The van der Waals surface area contributed by atoms with E-state index in [1.807, 2.05) is 0 Å². The monoisotopic (exact) mass is 393 g/mol. The van der Waals surface area contributed by atoms with Crippen LogP contribution >= 0.6 is 23.2 Å². The molecule has 3 N–H and O–H groups in total. The van der Waals surface area contributed by atoms with E-state index in [4.69, 9.17) is 23.2 Å². The van der Waals surface area contributed by atoms with E-state index in [2.05, 4.69) is 16.0 Å². The van der Waals surface area contributed by atoms with Crippen LogP contribution in [0.25, 0.3) is 0 Å². The molecule has 0 aliphatic carbocycles. The molecule has 0 radical (unpaired) electrons. The first-order valence-corrected chi connectivity index (χ1v) is 9.77. The highest BCUT2D eigenvalue weighted by atomic mass is 35.5. The molecule has 1 aromatic rings. The molecule has 1 unspecified atom stereocenters. The summed E-state index contributed by atoms with van der Waals surface area (Å²) >= 11 is 11.7. The Bertz CT molecular complexity index is 754. The second-order valence-corrected chi connectivity index (χ2v) is 8.63. The van der Waals surface area contributed by atoms with Crippen molar-refractivity contribution in [3.8, 4) is 0 Å². The maximum Gasteiger partial charge on any atom is 0.315 e. The first-order valence-electron chi connectivity index (χ1n) is 7.19. The summed E-state index contributed by atoms with van der Waals surface area (Å²) in [7, 11) is -3.08. The van der Waals surface area contributed by atoms with Crippen LogP contribution in [0.15, 0.2) is 18.2 Å². The molecule has 1 fully saturated rings. The molecular weight excluding hydrogens is 377 g/mol. The van der Waals surface area contributed by atoms with Gasteiger partial charge in [-0.3, -0.25) is 4.79 Å². The Morgan fingerprint density at radius 3 is 2.58 bits per heavy atom. The number of hydrogen-bond donors (Lipinski definition) is 3. The Hall–Kier alpha value is -1.51. The molecule has 1 aromatic carbocycles. The van der Waals surface area contributed by atoms with E-state index in [0.29, 0.717) is 17.1 Å². The topological polar surface area (TPSA) is 104 Å². The van der Waals surface area contributed by atoms with E-state index >= 15 is 0 Å². The molecule has 1 aliphatic rings. The molecule has 2 rings (SSSR count). The number of urea groups is 1. The summed E-state index contributed by atoms with van der Waals surface area (Å²) in [5.74, 6) is -0.488. The largest absolute Gasteiger partial charge is 0.334 e. The summed E-state index contributed by atoms with van der Waals surface area (Å²) in [6.07, 6.45) is 0.372. The third-order valence-electron chi connectivity index (χ3n) is 3.50. The smallest absolute Gasteiger partial charge is 0.315 e. The predicted octanol–water partition coefficient (Wildman–Crippen LogP) is 1.81. The summed E-state index contributed by atoms with van der Waals surface area (Å²) in [6, 6.07) is 2.75. The number of carbonyl (C=O) groups excluding carboxylic acids is 2. The van der Waals surface area contributed by atoms with Crippen LogP contribution < -0.4 is 16.0 Å². The zero-order valence-corrected chi connectivity index (χ0v) is 15.1. The van der Waals surface area contributed by atoms with Gasteiger partial charge in [0.25, 0.3) is 0 Å². The number of amides is 3. The fraction of sp³-hybridized carbons (Fsp3) is 0.429. The van der Waals surface area contributed by atoms with Crippen LogP contribution in [0.2, 0.25) is 10.0 Å². The van der Waals surface area contributed by atoms with Crippen LogP contribution in [0.1, 0.15) is 13.3 Å². The van der Waals surface area contributed by atoms with Gasteiger partial charge in [0.2, 0.25) is 5.91 Å². The number of carbonyl (C=O) groups is 2. The van der Waals surface area contributed by atoms with E-state index in [9.17, 15) is 18.0 Å². The van der Waals surface area contributed by atoms with Crippen molar-refractivity contribution in [2.75, 3.05) is 16.8 Å². The summed E-state index contributed by atoms with van der Waals surface area (Å²) in [4.78, 5) is 23.9. The summed E-state index contributed by atoms with van der Waals surface area (Å²) in [5, 5.41) is 8.31. The second kappa shape index (κ2) is 7.58. The van der Waals surface area contributed by atoms with Gasteiger partial charge in [0.1, 0.15) is 6.04 Å². The van der Waals surface area contributed by atoms with Gasteiger partial charge in [-0.15, -0.1) is 0 Å². The Labute approximate surface area is 150 Å². The lowest BCUT2D eigenvalue weighted by Gasteiger charge is -2.17. The van der Waals surface area contributed by atoms with E-state index < -0.39 is 33.9 Å². The van der Waals surface area contributed by atoms with Crippen LogP contribution in [0, 0.1) is 0 Å². The van der Waals surface area contributed by atoms with Crippen LogP contribution in [0.4, 0.5) is 10.5 Å². The minimum atomic E-state index is -3.08. The third-order valence-corrected chi connectivity index (χ3v) is 5.81. The van der Waals surface area contributed by atoms with Crippen LogP contribution in [-0.4, -0.2) is 43.9 Å². The minimum Gasteiger partial charge on any atom is -0.334 e. The highest BCUT2D eigenvalue weighted by molar-refractivity contribution is 7.91. The Morgan fingerprint density at radius 1 is 1.29 bits per heavy atom. The molecule has 0 aromatic heterocycles. The summed E-state index contributed by atoms with van der Waals surface area (Å²) < 4.78 is 22.7. The lowest BCUT2D eigenvalue weighted by Crippen LogP contribution is -2.49. The van der Waals surface area contributed by atoms with Crippen LogP contribution in [-0.2, 0) is 14.6 Å². The van der Waals surface area contributed by atoms with E-state index in [1.165, 1.54) is 13.0 Å². The molecule has 0 saturated carbocycles. The lowest BCUT2D eigenvalue weighted by atomic mass is 10.2. The molecule has 7 nitrogen and oxygen atoms in total. The van der Waals surface area contributed by atoms with Crippen molar-refractivity contribution in [2.45, 2.75) is 25.4 Å². The van der Waals surface area contributed by atoms with E-state index in [0.717, 1.165) is 0 Å². The second-order valence-electron chi connectivity index (χ2n) is 5.55. The maximum absolute atomic E-state index is 12.1. The number of nitrogens with one attached hydrogen (secondary N) is 3. The van der Waals surface area contributed by atoms with Crippen molar-refractivity contribution in [1.82, 2.24) is 10.6 Å². The number of hydrogen-bond acceptors (Lipinski definition) is 4. The maximum atomic E-state index is 12.1. The van der Waals surface area contributed by atoms with Crippen molar-refractivity contribution in [3.05, 3.63) is 28.2 Å². The molecule has 0 bridgehead atoms. The SMILES string of the molecule is C[C@H](NC(=O)NC1CCS(=O)(=O)C1)C(=O)Nc1ccc(Cl)cc1Cl. The summed E-state index contributed by atoms with van der Waals surface area (Å²) in [6.45, 7) is 1.50. The normalized spacial score (nSPS) is 20.2. The number of halogens is 2. The van der Waals surface area contributed by atoms with Crippen molar-refractivity contribution in [3.63, 3.8) is 0 Å². The number of rotatable bonds is 4. The number of anilines is 1. The summed E-state index contributed by atoms with van der Waals surface area (Å²) in [5.41, 5.74) is 0.377. The van der Waals surface area contributed by atoms with E-state index in [1.54, 1.807) is 12.1 Å². The molecule has 10 heteroatoms. The fourth-order valence-electron chi connectivity index (χ4n) is 2.23. The molecular formula is C14H17Cl2N3O4S. The average molecular weight is 394 g/mol. The molecule has 0 spiro atoms. The first-order chi connectivity index (χ1) is 11.2. The van der Waals surface area contributed by atoms with Crippen molar-refractivity contribution in [2.24, 2.45) is 0 Å². The van der Waals surface area contributed by atoms with Gasteiger partial charge in [0.15, 0.2) is 9.84 Å². The molecule has 24 heavy (non-hydrogen) atoms. The Morgan fingerprint density at radius 2 is 2.00 bits per heavy atom. The van der Waals surface area contributed by atoms with Gasteiger partial charge < -0.3 is 16.0 Å². The van der Waals surface area contributed by atoms with Crippen molar-refractivity contribution in [1.29, 1.82) is 0 Å². The Kier molecular flexibility index (Phi) is 5.95. The molecule has 132 valence electrons. The third kappa shape index (κ3) is 5.25. The Balaban J connectivity index is 1.86. The highest BCUT2D eigenvalue weighted by Gasteiger charge is 2.29. The standard InChI is InChI=1S/C14H17Cl2N3O4S/c1-8(13(20)19-12-3-2-9(15)6-11(12)16)17-14(21)18-10-4-5-24(22,23)7-10/h2-3,6,8,10H,4-5,7H2,1H3,(H,19,20)(H2,17,18,21)/t8-,10?/m0/s1. The zero-order chi connectivity index (χ0) is 17.9. The molecule has 1 heterocycles. The van der Waals surface area contributed by atoms with Crippen molar-refractivity contribution < 1.29 is 18.0 Å². The van der Waals surface area contributed by atoms with E-state index in [-0.39, 0.29) is 16.5 Å². The lowest BCUT2D eigenvalue weighted by molar-refractivity contribution is -0.117. The minimum absolute atomic E-state index is 0.0586. The van der Waals surface area contributed by atoms with Gasteiger partial charge >= 0.3 is 6.03 Å². The van der Waals surface area contributed by atoms with Gasteiger partial charge in [-0.1, -0.05) is 23.2 Å². The van der Waals surface area contributed by atoms with Crippen molar-refractivity contribution >= 4 is 50.7 Å². The zero-order valence-electron chi connectivity index (χ0n) is 12.8. The molecule has 1 aliphatic heterocycles. The predicted molar refractivity (Wildman–Crippen MR) is 93.3 cm³/mol. The highest BCUT2D eigenvalue weighted by Crippen LogP contribution is 2.25. The molecule has 1 saturated heterocycles. The van der Waals surface area contributed by atoms with Gasteiger partial charge in [-0.05, 0) is 31.5 Å². The van der Waals surface area contributed by atoms with Gasteiger partial charge in [-0.2, -0.15) is 0 Å². The van der Waals surface area contributed by atoms with Gasteiger partial charge in [-0.25, -0.2) is 13.2 Å². The average Bonchev–Trinajstić information content (AvgIpc) is 2.80. The fourth-order valence-corrected chi connectivity index (χ4v) is 4.36. The van der Waals surface area contributed by atoms with Crippen LogP contribution in [0.3, 0.4) is 0 Å². The molecule has 2 atom stereocenters. The number of benzene rings is 1.